The minimum Gasteiger partial charge on any atom is -0.497 e. The molecule has 1 aromatic carbocycles. The number of carbonyl (C=O) groups is 1. The van der Waals surface area contributed by atoms with Crippen molar-refractivity contribution in [3.63, 3.8) is 0 Å². The van der Waals surface area contributed by atoms with Crippen LogP contribution >= 0.6 is 0 Å². The normalized spacial score (nSPS) is 19.7. The van der Waals surface area contributed by atoms with Crippen LogP contribution in [0, 0.1) is 0 Å². The summed E-state index contributed by atoms with van der Waals surface area (Å²) in [5, 5.41) is 3.04. The second-order valence-corrected chi connectivity index (χ2v) is 8.67. The lowest BCUT2D eigenvalue weighted by atomic mass is 9.88. The first kappa shape index (κ1) is 21.6. The van der Waals surface area contributed by atoms with Crippen LogP contribution in [0.4, 0.5) is 0 Å². The van der Waals surface area contributed by atoms with E-state index in [1.54, 1.807) is 13.3 Å². The van der Waals surface area contributed by atoms with Crippen LogP contribution < -0.4 is 10.1 Å². The summed E-state index contributed by atoms with van der Waals surface area (Å²) in [6.45, 7) is 3.47. The van der Waals surface area contributed by atoms with Gasteiger partial charge in [-0.3, -0.25) is 14.7 Å². The Bertz CT molecular complexity index is 1070. The average Bonchev–Trinajstić information content (AvgIpc) is 3.35. The summed E-state index contributed by atoms with van der Waals surface area (Å²) in [6.07, 6.45) is 6.62. The predicted molar refractivity (Wildman–Crippen MR) is 122 cm³/mol. The molecular weight excluding hydrogens is 418 g/mol. The van der Waals surface area contributed by atoms with E-state index in [1.807, 2.05) is 48.8 Å². The maximum Gasteiger partial charge on any atom is 0.251 e. The predicted octanol–water partition coefficient (Wildman–Crippen LogP) is 2.49. The number of aromatic nitrogens is 3. The lowest BCUT2D eigenvalue weighted by Crippen LogP contribution is -2.53. The van der Waals surface area contributed by atoms with Crippen molar-refractivity contribution in [1.29, 1.82) is 0 Å². The number of ether oxygens (including phenoxy) is 2. The van der Waals surface area contributed by atoms with E-state index < -0.39 is 11.7 Å². The lowest BCUT2D eigenvalue weighted by molar-refractivity contribution is -0.174. The molecule has 1 saturated heterocycles. The first-order valence-corrected chi connectivity index (χ1v) is 11.4. The number of fused-ring (bicyclic) bond motifs is 2. The van der Waals surface area contributed by atoms with Crippen molar-refractivity contribution in [2.24, 2.45) is 0 Å². The summed E-state index contributed by atoms with van der Waals surface area (Å²) in [4.78, 5) is 24.5. The van der Waals surface area contributed by atoms with Gasteiger partial charge in [0.15, 0.2) is 6.10 Å². The highest BCUT2D eigenvalue weighted by Gasteiger charge is 2.47. The number of pyridine rings is 1. The molecule has 1 spiro atoms. The maximum absolute atomic E-state index is 13.0. The van der Waals surface area contributed by atoms with Crippen molar-refractivity contribution >= 4 is 5.91 Å². The van der Waals surface area contributed by atoms with Crippen molar-refractivity contribution in [1.82, 2.24) is 24.8 Å². The van der Waals surface area contributed by atoms with Gasteiger partial charge >= 0.3 is 0 Å². The third-order valence-electron chi connectivity index (χ3n) is 6.55. The highest BCUT2D eigenvalue weighted by atomic mass is 16.5. The number of carbonyl (C=O) groups excluding carboxylic acids is 1. The molecule has 1 fully saturated rings. The van der Waals surface area contributed by atoms with Crippen molar-refractivity contribution in [3.8, 4) is 5.75 Å². The smallest absolute Gasteiger partial charge is 0.251 e. The number of likely N-dealkylation sites (tertiary alicyclic amines) is 1. The minimum atomic E-state index is -0.549. The van der Waals surface area contributed by atoms with Crippen LogP contribution in [0.3, 0.4) is 0 Å². The number of amides is 1. The Hall–Kier alpha value is -3.23. The van der Waals surface area contributed by atoms with E-state index >= 15 is 0 Å². The van der Waals surface area contributed by atoms with E-state index in [2.05, 4.69) is 30.8 Å². The van der Waals surface area contributed by atoms with Gasteiger partial charge in [-0.1, -0.05) is 18.2 Å². The monoisotopic (exact) mass is 447 g/mol. The Morgan fingerprint density at radius 3 is 2.70 bits per heavy atom. The molecule has 4 heterocycles. The fraction of sp³-hybridized carbons (Fsp3) is 0.400. The molecule has 2 aromatic heterocycles. The van der Waals surface area contributed by atoms with E-state index in [-0.39, 0.29) is 5.91 Å². The highest BCUT2D eigenvalue weighted by Crippen LogP contribution is 2.40. The fourth-order valence-corrected chi connectivity index (χ4v) is 4.71. The van der Waals surface area contributed by atoms with E-state index in [0.717, 1.165) is 55.3 Å². The molecule has 1 unspecified atom stereocenters. The standard InChI is InChI=1S/C25H29N5O3/c1-32-21-7-5-19(6-8-21)16-28-23(31)22-18-30-15-12-27-24(30)25(33-22)9-13-29(14-10-25)17-20-4-2-3-11-26-20/h2-8,11-12,15,22H,9-10,13-14,16-18H2,1H3,(H,28,31). The van der Waals surface area contributed by atoms with Gasteiger partial charge in [0, 0.05) is 44.8 Å². The topological polar surface area (TPSA) is 81.5 Å². The molecule has 172 valence electrons. The second-order valence-electron chi connectivity index (χ2n) is 8.67. The van der Waals surface area contributed by atoms with Gasteiger partial charge in [-0.2, -0.15) is 0 Å². The van der Waals surface area contributed by atoms with Crippen LogP contribution in [-0.2, 0) is 34.8 Å². The van der Waals surface area contributed by atoms with Crippen molar-refractivity contribution in [3.05, 3.63) is 78.1 Å². The number of methoxy groups -OCH3 is 1. The van der Waals surface area contributed by atoms with E-state index in [4.69, 9.17) is 9.47 Å². The van der Waals surface area contributed by atoms with Crippen LogP contribution in [0.25, 0.3) is 0 Å². The number of piperidine rings is 1. The summed E-state index contributed by atoms with van der Waals surface area (Å²) in [7, 11) is 1.64. The van der Waals surface area contributed by atoms with Crippen molar-refractivity contribution in [2.75, 3.05) is 20.2 Å². The zero-order chi connectivity index (χ0) is 22.7. The van der Waals surface area contributed by atoms with Gasteiger partial charge in [-0.15, -0.1) is 0 Å². The zero-order valence-electron chi connectivity index (χ0n) is 18.8. The molecule has 0 bridgehead atoms. The van der Waals surface area contributed by atoms with Gasteiger partial charge < -0.3 is 19.4 Å². The summed E-state index contributed by atoms with van der Waals surface area (Å²) >= 11 is 0. The van der Waals surface area contributed by atoms with Crippen LogP contribution in [0.15, 0.2) is 61.1 Å². The maximum atomic E-state index is 13.0. The van der Waals surface area contributed by atoms with Gasteiger partial charge in [0.2, 0.25) is 0 Å². The SMILES string of the molecule is COc1ccc(CNC(=O)C2Cn3ccnc3C3(CCN(Cc4ccccn4)CC3)O2)cc1. The lowest BCUT2D eigenvalue weighted by Gasteiger charge is -2.45. The number of benzene rings is 1. The Labute approximate surface area is 193 Å². The molecule has 2 aliphatic rings. The van der Waals surface area contributed by atoms with Crippen LogP contribution in [0.2, 0.25) is 0 Å². The average molecular weight is 448 g/mol. The van der Waals surface area contributed by atoms with Gasteiger partial charge in [-0.25, -0.2) is 4.98 Å². The molecule has 5 rings (SSSR count). The van der Waals surface area contributed by atoms with Crippen LogP contribution in [0.1, 0.15) is 29.9 Å². The molecule has 1 N–H and O–H groups in total. The zero-order valence-corrected chi connectivity index (χ0v) is 18.8. The second kappa shape index (κ2) is 9.33. The molecule has 0 aliphatic carbocycles. The Morgan fingerprint density at radius 1 is 1.15 bits per heavy atom. The summed E-state index contributed by atoms with van der Waals surface area (Å²) < 4.78 is 13.8. The number of hydrogen-bond acceptors (Lipinski definition) is 6. The molecule has 33 heavy (non-hydrogen) atoms. The van der Waals surface area contributed by atoms with Crippen LogP contribution in [0.5, 0.6) is 5.75 Å². The van der Waals surface area contributed by atoms with Gasteiger partial charge in [0.05, 0.1) is 19.3 Å². The Balaban J connectivity index is 1.24. The third-order valence-corrected chi connectivity index (χ3v) is 6.55. The summed E-state index contributed by atoms with van der Waals surface area (Å²) in [6, 6.07) is 13.7. The number of hydrogen-bond donors (Lipinski definition) is 1. The Morgan fingerprint density at radius 2 is 1.97 bits per heavy atom. The summed E-state index contributed by atoms with van der Waals surface area (Å²) in [5.41, 5.74) is 1.54. The molecule has 3 aromatic rings. The summed E-state index contributed by atoms with van der Waals surface area (Å²) in [5.74, 6) is 1.63. The number of nitrogens with zero attached hydrogens (tertiary/aromatic N) is 4. The minimum absolute atomic E-state index is 0.0968. The van der Waals surface area contributed by atoms with Gasteiger partial charge in [-0.05, 0) is 42.7 Å². The molecular formula is C25H29N5O3. The van der Waals surface area contributed by atoms with E-state index in [0.29, 0.717) is 13.1 Å². The van der Waals surface area contributed by atoms with Gasteiger partial charge in [0.25, 0.3) is 5.91 Å². The fourth-order valence-electron chi connectivity index (χ4n) is 4.71. The first-order chi connectivity index (χ1) is 16.1. The number of rotatable bonds is 6. The number of imidazole rings is 1. The van der Waals surface area contributed by atoms with E-state index in [1.165, 1.54) is 0 Å². The van der Waals surface area contributed by atoms with Crippen LogP contribution in [-0.4, -0.2) is 51.6 Å². The van der Waals surface area contributed by atoms with Crippen molar-refractivity contribution < 1.29 is 14.3 Å². The molecule has 0 radical (unpaired) electrons. The molecule has 8 heteroatoms. The van der Waals surface area contributed by atoms with Gasteiger partial charge in [0.1, 0.15) is 17.2 Å². The Kier molecular flexibility index (Phi) is 6.11. The quantitative estimate of drug-likeness (QED) is 0.625. The van der Waals surface area contributed by atoms with E-state index in [9.17, 15) is 4.79 Å². The molecule has 0 saturated carbocycles. The van der Waals surface area contributed by atoms with Crippen molar-refractivity contribution in [2.45, 2.75) is 44.2 Å². The first-order valence-electron chi connectivity index (χ1n) is 11.4. The third kappa shape index (κ3) is 4.62. The molecule has 2 aliphatic heterocycles. The molecule has 1 amide bonds. The molecule has 1 atom stereocenters. The number of nitrogens with one attached hydrogen (secondary N) is 1. The largest absolute Gasteiger partial charge is 0.497 e. The molecule has 8 nitrogen and oxygen atoms in total. The highest BCUT2D eigenvalue weighted by molar-refractivity contribution is 5.81.